The molecule has 5 aromatic rings. The van der Waals surface area contributed by atoms with Crippen LogP contribution in [0.4, 0.5) is 25.1 Å². The van der Waals surface area contributed by atoms with E-state index in [9.17, 15) is 38.7 Å². The third-order valence-corrected chi connectivity index (χ3v) is 9.15. The summed E-state index contributed by atoms with van der Waals surface area (Å²) < 4.78 is 22.5. The van der Waals surface area contributed by atoms with Gasteiger partial charge in [-0.05, 0) is 56.7 Å². The van der Waals surface area contributed by atoms with Crippen molar-refractivity contribution in [1.82, 2.24) is 40.4 Å². The molecule has 0 saturated carbocycles. The Labute approximate surface area is 384 Å². The lowest BCUT2D eigenvalue weighted by Gasteiger charge is -2.28. The number of aliphatic imine (C=N–C) groups is 1. The van der Waals surface area contributed by atoms with Crippen LogP contribution in [0.5, 0.6) is 0 Å². The lowest BCUT2D eigenvalue weighted by Crippen LogP contribution is -2.49. The number of anilines is 1. The van der Waals surface area contributed by atoms with Gasteiger partial charge in [0.25, 0.3) is 5.56 Å². The monoisotopic (exact) mass is 924 g/mol. The fourth-order valence-corrected chi connectivity index (χ4v) is 6.11. The molecule has 22 heteroatoms. The number of aromatic amines is 1. The van der Waals surface area contributed by atoms with Gasteiger partial charge < -0.3 is 38.8 Å². The number of H-pyrrole nitrogens is 1. The molecule has 0 fully saturated rings. The van der Waals surface area contributed by atoms with Gasteiger partial charge in [-0.1, -0.05) is 91.0 Å². The van der Waals surface area contributed by atoms with Crippen LogP contribution in [-0.2, 0) is 54.9 Å². The maximum Gasteiger partial charge on any atom is 0.414 e. The molecule has 2 aromatic heterocycles. The van der Waals surface area contributed by atoms with Gasteiger partial charge in [-0.25, -0.2) is 24.2 Å². The van der Waals surface area contributed by atoms with Gasteiger partial charge in [0.15, 0.2) is 11.2 Å². The smallest absolute Gasteiger partial charge is 0.414 e. The summed E-state index contributed by atoms with van der Waals surface area (Å²) >= 11 is 0. The van der Waals surface area contributed by atoms with E-state index >= 15 is 0 Å². The van der Waals surface area contributed by atoms with Crippen LogP contribution in [0.25, 0.3) is 11.2 Å². The van der Waals surface area contributed by atoms with E-state index in [1.807, 2.05) is 18.2 Å². The van der Waals surface area contributed by atoms with Crippen molar-refractivity contribution in [3.63, 3.8) is 0 Å². The van der Waals surface area contributed by atoms with Crippen LogP contribution in [0.2, 0.25) is 0 Å². The summed E-state index contributed by atoms with van der Waals surface area (Å²) in [6, 6.07) is 25.9. The maximum absolute atomic E-state index is 13.8. The van der Waals surface area contributed by atoms with E-state index in [4.69, 9.17) is 18.9 Å². The summed E-state index contributed by atoms with van der Waals surface area (Å²) in [5, 5.41) is 19.7. The third-order valence-electron chi connectivity index (χ3n) is 9.15. The van der Waals surface area contributed by atoms with Crippen LogP contribution in [0.15, 0.2) is 107 Å². The Kier molecular flexibility index (Phi) is 18.3. The summed E-state index contributed by atoms with van der Waals surface area (Å²) in [5.74, 6) is -2.61. The number of alkyl carbamates (subject to hydrolysis) is 3. The molecule has 0 unspecified atom stereocenters. The largest absolute Gasteiger partial charge is 0.480 e. The Morgan fingerprint density at radius 3 is 1.84 bits per heavy atom. The summed E-state index contributed by atoms with van der Waals surface area (Å²) in [7, 11) is 0. The summed E-state index contributed by atoms with van der Waals surface area (Å²) in [4.78, 5) is 106. The molecule has 6 N–H and O–H groups in total. The van der Waals surface area contributed by atoms with E-state index in [1.54, 1.807) is 93.6 Å². The first-order chi connectivity index (χ1) is 32.1. The lowest BCUT2D eigenvalue weighted by atomic mass is 10.1. The van der Waals surface area contributed by atoms with Gasteiger partial charge in [0.05, 0.1) is 6.33 Å². The number of guanidine groups is 1. The Morgan fingerprint density at radius 1 is 0.776 bits per heavy atom. The van der Waals surface area contributed by atoms with Crippen molar-refractivity contribution in [2.24, 2.45) is 4.99 Å². The molecule has 5 rings (SSSR count). The predicted molar refractivity (Wildman–Crippen MR) is 241 cm³/mol. The fourth-order valence-electron chi connectivity index (χ4n) is 6.11. The SMILES string of the molecule is CC(C)(C)OC(=O)N[C@@H](CCCCN=C(NC(=O)OCc1ccccc1)NC(=O)OCc1ccccc1)CN(CC(=O)O)C(=O)Cn1cnc2c(=O)[nH]c(NC(=O)OCc3ccccc3)nc21. The molecular weight excluding hydrogens is 873 g/mol. The van der Waals surface area contributed by atoms with Crippen LogP contribution in [-0.4, -0.2) is 103 Å². The third kappa shape index (κ3) is 17.7. The molecule has 0 saturated heterocycles. The van der Waals surface area contributed by atoms with Crippen molar-refractivity contribution in [3.8, 4) is 0 Å². The Morgan fingerprint density at radius 2 is 1.31 bits per heavy atom. The molecule has 0 aliphatic heterocycles. The highest BCUT2D eigenvalue weighted by atomic mass is 16.6. The standard InChI is InChI=1S/C45H52N10O12/c1-45(2,3)67-44(63)48-33(21-13-14-22-46-39(51-41(60)64-26-30-15-7-4-8-16-30)52-42(61)65-27-31-17-9-5-10-18-31)23-54(25-35(57)58)34(56)24-55-29-47-36-37(55)49-40(50-38(36)59)53-43(62)66-28-32-19-11-6-12-20-32/h4-12,15-20,29,33H,13-14,21-28H2,1-3H3,(H,48,63)(H,57,58)(H2,46,51,52,60,61)(H2,49,50,53,59,62)/t33-/m0/s1. The molecule has 0 bridgehead atoms. The number of nitrogens with one attached hydrogen (secondary N) is 5. The van der Waals surface area contributed by atoms with Gasteiger partial charge in [-0.15, -0.1) is 0 Å². The molecule has 0 aliphatic rings. The van der Waals surface area contributed by atoms with Crippen molar-refractivity contribution in [1.29, 1.82) is 0 Å². The number of benzene rings is 3. The minimum atomic E-state index is -1.35. The number of carboxylic acid groups (broad SMARTS) is 1. The number of aliphatic carboxylic acids is 1. The number of carboxylic acids is 1. The number of ether oxygens (including phenoxy) is 4. The van der Waals surface area contributed by atoms with Gasteiger partial charge in [0, 0.05) is 19.1 Å². The molecule has 2 heterocycles. The summed E-state index contributed by atoms with van der Waals surface area (Å²) in [6.07, 6.45) is -1.49. The van der Waals surface area contributed by atoms with E-state index in [-0.39, 0.29) is 62.4 Å². The minimum absolute atomic E-state index is 0.0472. The minimum Gasteiger partial charge on any atom is -0.480 e. The second-order valence-corrected chi connectivity index (χ2v) is 15.8. The van der Waals surface area contributed by atoms with E-state index in [0.29, 0.717) is 12.8 Å². The Balaban J connectivity index is 1.25. The van der Waals surface area contributed by atoms with Crippen LogP contribution in [0.1, 0.15) is 56.7 Å². The normalized spacial score (nSPS) is 11.3. The quantitative estimate of drug-likeness (QED) is 0.0274. The average molecular weight is 925 g/mol. The summed E-state index contributed by atoms with van der Waals surface area (Å²) in [5.41, 5.74) is 0.320. The van der Waals surface area contributed by atoms with Crippen LogP contribution in [0.3, 0.4) is 0 Å². The van der Waals surface area contributed by atoms with Crippen LogP contribution < -0.4 is 26.8 Å². The van der Waals surface area contributed by atoms with E-state index < -0.39 is 66.5 Å². The molecule has 1 atom stereocenters. The predicted octanol–water partition coefficient (Wildman–Crippen LogP) is 5.05. The number of imidazole rings is 1. The van der Waals surface area contributed by atoms with E-state index in [1.165, 1.54) is 10.9 Å². The maximum atomic E-state index is 13.8. The van der Waals surface area contributed by atoms with Crippen molar-refractivity contribution < 1.29 is 52.8 Å². The molecule has 0 radical (unpaired) electrons. The van der Waals surface area contributed by atoms with Crippen molar-refractivity contribution >= 4 is 59.3 Å². The van der Waals surface area contributed by atoms with Crippen LogP contribution in [0, 0.1) is 0 Å². The fraction of sp³-hybridized carbons (Fsp3) is 0.333. The number of carbonyl (C=O) groups excluding carboxylic acids is 5. The highest BCUT2D eigenvalue weighted by Crippen LogP contribution is 2.13. The van der Waals surface area contributed by atoms with E-state index in [2.05, 4.69) is 41.2 Å². The van der Waals surface area contributed by atoms with Crippen molar-refractivity contribution in [2.45, 2.75) is 78.0 Å². The number of amides is 5. The number of rotatable bonds is 19. The molecule has 22 nitrogen and oxygen atoms in total. The van der Waals surface area contributed by atoms with Crippen molar-refractivity contribution in [3.05, 3.63) is 124 Å². The van der Waals surface area contributed by atoms with Gasteiger partial charge >= 0.3 is 30.3 Å². The van der Waals surface area contributed by atoms with Crippen LogP contribution >= 0.6 is 0 Å². The number of nitrogens with zero attached hydrogens (tertiary/aromatic N) is 5. The van der Waals surface area contributed by atoms with E-state index in [0.717, 1.165) is 21.6 Å². The first kappa shape index (κ1) is 49.7. The molecule has 0 spiro atoms. The molecule has 3 aromatic carbocycles. The van der Waals surface area contributed by atoms with Gasteiger partial charge in [0.2, 0.25) is 17.8 Å². The molecule has 67 heavy (non-hydrogen) atoms. The van der Waals surface area contributed by atoms with Gasteiger partial charge in [-0.3, -0.25) is 40.3 Å². The second kappa shape index (κ2) is 24.7. The highest BCUT2D eigenvalue weighted by molar-refractivity contribution is 6.01. The molecular formula is C45H52N10O12. The molecule has 5 amide bonds. The number of unbranched alkanes of at least 4 members (excludes halogenated alkanes) is 1. The van der Waals surface area contributed by atoms with Gasteiger partial charge in [-0.2, -0.15) is 4.98 Å². The zero-order valence-corrected chi connectivity index (χ0v) is 37.1. The number of hydrogen-bond acceptors (Lipinski definition) is 14. The van der Waals surface area contributed by atoms with Crippen molar-refractivity contribution in [2.75, 3.05) is 25.0 Å². The lowest BCUT2D eigenvalue weighted by molar-refractivity contribution is -0.145. The Bertz CT molecular complexity index is 2490. The highest BCUT2D eigenvalue weighted by Gasteiger charge is 2.26. The molecule has 354 valence electrons. The first-order valence-electron chi connectivity index (χ1n) is 21.0. The number of hydrogen-bond donors (Lipinski definition) is 6. The first-order valence-corrected chi connectivity index (χ1v) is 21.0. The zero-order chi connectivity index (χ0) is 48.2. The molecule has 0 aliphatic carbocycles. The topological polar surface area (TPSA) is 287 Å². The Hall–Kier alpha value is -8.30. The average Bonchev–Trinajstić information content (AvgIpc) is 3.69. The summed E-state index contributed by atoms with van der Waals surface area (Å²) in [6.45, 7) is 3.30. The zero-order valence-electron chi connectivity index (χ0n) is 37.1. The number of fused-ring (bicyclic) bond motifs is 1. The number of carbonyl (C=O) groups is 6. The van der Waals surface area contributed by atoms with Gasteiger partial charge in [0.1, 0.15) is 38.5 Å². The second-order valence-electron chi connectivity index (χ2n) is 15.8. The number of aromatic nitrogens is 4.